The first-order valence-electron chi connectivity index (χ1n) is 11.6. The molecule has 1 unspecified atom stereocenters. The minimum Gasteiger partial charge on any atom is -0.492 e. The van der Waals surface area contributed by atoms with E-state index in [1.807, 2.05) is 38.2 Å². The van der Waals surface area contributed by atoms with Crippen molar-refractivity contribution in [3.05, 3.63) is 64.8 Å². The lowest BCUT2D eigenvalue weighted by molar-refractivity contribution is 0.280. The molecular weight excluding hydrogens is 398 g/mol. The van der Waals surface area contributed by atoms with Crippen LogP contribution in [0.15, 0.2) is 42.6 Å². The number of nitrogens with one attached hydrogen (secondary N) is 1. The zero-order valence-corrected chi connectivity index (χ0v) is 20.1. The van der Waals surface area contributed by atoms with Gasteiger partial charge >= 0.3 is 0 Å². The molecule has 3 rings (SSSR count). The van der Waals surface area contributed by atoms with Gasteiger partial charge in [-0.15, -0.1) is 0 Å². The fourth-order valence-electron chi connectivity index (χ4n) is 3.95. The molecule has 1 atom stereocenters. The molecule has 3 aromatic rings. The summed E-state index contributed by atoms with van der Waals surface area (Å²) in [5.74, 6) is 0.974. The molecule has 0 radical (unpaired) electrons. The number of rotatable bonds is 10. The lowest BCUT2D eigenvalue weighted by Crippen LogP contribution is -2.32. The number of para-hydroxylation sites is 1. The van der Waals surface area contributed by atoms with Crippen LogP contribution in [-0.4, -0.2) is 35.5 Å². The van der Waals surface area contributed by atoms with Gasteiger partial charge in [0.2, 0.25) is 0 Å². The van der Waals surface area contributed by atoms with Crippen molar-refractivity contribution >= 4 is 10.9 Å². The third-order valence-electron chi connectivity index (χ3n) is 5.39. The van der Waals surface area contributed by atoms with Crippen molar-refractivity contribution < 1.29 is 9.84 Å². The number of aromatic nitrogens is 1. The van der Waals surface area contributed by atoms with Gasteiger partial charge in [-0.3, -0.25) is 0 Å². The second kappa shape index (κ2) is 12.9. The van der Waals surface area contributed by atoms with Gasteiger partial charge in [0.1, 0.15) is 18.4 Å². The normalized spacial score (nSPS) is 11.5. The Morgan fingerprint density at radius 2 is 1.88 bits per heavy atom. The van der Waals surface area contributed by atoms with Crippen LogP contribution < -0.4 is 10.1 Å². The predicted molar refractivity (Wildman–Crippen MR) is 132 cm³/mol. The van der Waals surface area contributed by atoms with Crippen LogP contribution in [0.25, 0.3) is 10.9 Å². The van der Waals surface area contributed by atoms with Crippen LogP contribution >= 0.6 is 0 Å². The molecule has 0 fully saturated rings. The molecule has 0 aliphatic heterocycles. The predicted octanol–water partition coefficient (Wildman–Crippen LogP) is 5.14. The first kappa shape index (κ1) is 25.5. The van der Waals surface area contributed by atoms with Gasteiger partial charge in [-0.2, -0.15) is 5.26 Å². The average molecular weight is 436 g/mol. The lowest BCUT2D eigenvalue weighted by atomic mass is 10.0. The standard InChI is InChI=1S/C25H31N3O2.C2H6/c1-18-6-4-7-19(2)25(18)30-13-9-27-20(3)14-21-15-22-8-11-28(10-5-12-29)24(22)23(16-21)17-26;1-2/h4,6-8,11,15-16,20,27,29H,5,9-10,12-14H2,1-3H3;1-2H3. The molecule has 0 aliphatic rings. The number of hydrogen-bond donors (Lipinski definition) is 2. The topological polar surface area (TPSA) is 70.2 Å². The van der Waals surface area contributed by atoms with Gasteiger partial charge in [-0.1, -0.05) is 32.0 Å². The minimum absolute atomic E-state index is 0.149. The van der Waals surface area contributed by atoms with Gasteiger partial charge in [-0.25, -0.2) is 0 Å². The summed E-state index contributed by atoms with van der Waals surface area (Å²) < 4.78 is 8.03. The summed E-state index contributed by atoms with van der Waals surface area (Å²) in [6, 6.07) is 15.0. The van der Waals surface area contributed by atoms with Crippen molar-refractivity contribution in [1.29, 1.82) is 5.26 Å². The highest BCUT2D eigenvalue weighted by Gasteiger charge is 2.11. The summed E-state index contributed by atoms with van der Waals surface area (Å²) in [5, 5.41) is 23.3. The van der Waals surface area contributed by atoms with E-state index in [4.69, 9.17) is 9.84 Å². The van der Waals surface area contributed by atoms with E-state index >= 15 is 0 Å². The molecule has 0 saturated heterocycles. The van der Waals surface area contributed by atoms with Crippen LogP contribution in [0, 0.1) is 25.2 Å². The molecule has 32 heavy (non-hydrogen) atoms. The third-order valence-corrected chi connectivity index (χ3v) is 5.39. The third kappa shape index (κ3) is 6.59. The minimum atomic E-state index is 0.149. The van der Waals surface area contributed by atoms with Crippen molar-refractivity contribution in [2.24, 2.45) is 0 Å². The molecule has 0 bridgehead atoms. The van der Waals surface area contributed by atoms with Crippen LogP contribution in [-0.2, 0) is 13.0 Å². The Morgan fingerprint density at radius 1 is 1.16 bits per heavy atom. The SMILES string of the molecule is CC.Cc1cccc(C)c1OCCNC(C)Cc1cc(C#N)c2c(ccn2CCCO)c1. The monoisotopic (exact) mass is 435 g/mol. The van der Waals surface area contributed by atoms with E-state index in [1.165, 1.54) is 0 Å². The number of aryl methyl sites for hydroxylation is 3. The molecule has 5 heteroatoms. The van der Waals surface area contributed by atoms with Crippen molar-refractivity contribution in [3.8, 4) is 11.8 Å². The van der Waals surface area contributed by atoms with Gasteiger partial charge < -0.3 is 19.7 Å². The maximum absolute atomic E-state index is 9.64. The van der Waals surface area contributed by atoms with Gasteiger partial charge in [0.15, 0.2) is 0 Å². The van der Waals surface area contributed by atoms with Crippen molar-refractivity contribution in [1.82, 2.24) is 9.88 Å². The summed E-state index contributed by atoms with van der Waals surface area (Å²) in [7, 11) is 0. The second-order valence-electron chi connectivity index (χ2n) is 7.91. The maximum atomic E-state index is 9.64. The Morgan fingerprint density at radius 3 is 2.53 bits per heavy atom. The molecule has 0 aliphatic carbocycles. The summed E-state index contributed by atoms with van der Waals surface area (Å²) in [4.78, 5) is 0. The largest absolute Gasteiger partial charge is 0.492 e. The number of nitrogens with zero attached hydrogens (tertiary/aromatic N) is 2. The number of aliphatic hydroxyl groups is 1. The molecule has 2 N–H and O–H groups in total. The molecule has 0 saturated carbocycles. The fraction of sp³-hybridized carbons (Fsp3) is 0.444. The Bertz CT molecular complexity index is 1010. The van der Waals surface area contributed by atoms with Gasteiger partial charge in [-0.05, 0) is 68.5 Å². The summed E-state index contributed by atoms with van der Waals surface area (Å²) in [6.07, 6.45) is 3.52. The van der Waals surface area contributed by atoms with Crippen molar-refractivity contribution in [2.45, 2.75) is 60.0 Å². The maximum Gasteiger partial charge on any atom is 0.125 e. The molecule has 5 nitrogen and oxygen atoms in total. The molecule has 0 amide bonds. The smallest absolute Gasteiger partial charge is 0.125 e. The number of aliphatic hydroxyl groups excluding tert-OH is 1. The van der Waals surface area contributed by atoms with E-state index in [0.29, 0.717) is 25.1 Å². The Balaban J connectivity index is 0.00000176. The van der Waals surface area contributed by atoms with E-state index in [2.05, 4.69) is 54.9 Å². The summed E-state index contributed by atoms with van der Waals surface area (Å²) >= 11 is 0. The fourth-order valence-corrected chi connectivity index (χ4v) is 3.95. The van der Waals surface area contributed by atoms with E-state index in [-0.39, 0.29) is 12.6 Å². The number of fused-ring (bicyclic) bond motifs is 1. The van der Waals surface area contributed by atoms with Crippen LogP contribution in [0.5, 0.6) is 5.75 Å². The van der Waals surface area contributed by atoms with Crippen molar-refractivity contribution in [2.75, 3.05) is 19.8 Å². The van der Waals surface area contributed by atoms with Gasteiger partial charge in [0, 0.05) is 37.3 Å². The van der Waals surface area contributed by atoms with E-state index in [0.717, 1.165) is 46.3 Å². The molecule has 172 valence electrons. The first-order chi connectivity index (χ1) is 15.5. The quantitative estimate of drug-likeness (QED) is 0.433. The van der Waals surface area contributed by atoms with Crippen LogP contribution in [0.2, 0.25) is 0 Å². The van der Waals surface area contributed by atoms with Crippen LogP contribution in [0.4, 0.5) is 0 Å². The van der Waals surface area contributed by atoms with E-state index in [1.54, 1.807) is 0 Å². The van der Waals surface area contributed by atoms with Gasteiger partial charge in [0.25, 0.3) is 0 Å². The zero-order chi connectivity index (χ0) is 23.5. The van der Waals surface area contributed by atoms with E-state index < -0.39 is 0 Å². The summed E-state index contributed by atoms with van der Waals surface area (Å²) in [6.45, 7) is 12.5. The average Bonchev–Trinajstić information content (AvgIpc) is 3.20. The lowest BCUT2D eigenvalue weighted by Gasteiger charge is -2.16. The Kier molecular flexibility index (Phi) is 10.3. The number of nitriles is 1. The van der Waals surface area contributed by atoms with E-state index in [9.17, 15) is 5.26 Å². The molecule has 2 aromatic carbocycles. The van der Waals surface area contributed by atoms with Gasteiger partial charge in [0.05, 0.1) is 11.1 Å². The molecular formula is C27H37N3O2. The van der Waals surface area contributed by atoms with Crippen molar-refractivity contribution in [3.63, 3.8) is 0 Å². The second-order valence-corrected chi connectivity index (χ2v) is 7.91. The Hall–Kier alpha value is -2.81. The molecule has 1 heterocycles. The first-order valence-corrected chi connectivity index (χ1v) is 11.6. The Labute approximate surface area is 192 Å². The number of hydrogen-bond acceptors (Lipinski definition) is 4. The van der Waals surface area contributed by atoms with Crippen LogP contribution in [0.3, 0.4) is 0 Å². The number of ether oxygens (including phenoxy) is 1. The highest BCUT2D eigenvalue weighted by atomic mass is 16.5. The molecule has 0 spiro atoms. The highest BCUT2D eigenvalue weighted by molar-refractivity contribution is 5.86. The summed E-state index contributed by atoms with van der Waals surface area (Å²) in [5.41, 5.74) is 5.11. The zero-order valence-electron chi connectivity index (χ0n) is 20.1. The number of benzene rings is 2. The van der Waals surface area contributed by atoms with Crippen LogP contribution in [0.1, 0.15) is 49.4 Å². The molecule has 1 aromatic heterocycles. The highest BCUT2D eigenvalue weighted by Crippen LogP contribution is 2.24.